The highest BCUT2D eigenvalue weighted by molar-refractivity contribution is 5.92. The lowest BCUT2D eigenvalue weighted by atomic mass is 9.93. The molecule has 1 aliphatic heterocycles. The zero-order chi connectivity index (χ0) is 12.3. The highest BCUT2D eigenvalue weighted by Crippen LogP contribution is 2.14. The van der Waals surface area contributed by atoms with E-state index < -0.39 is 0 Å². The van der Waals surface area contributed by atoms with Crippen LogP contribution in [0.5, 0.6) is 0 Å². The van der Waals surface area contributed by atoms with Gasteiger partial charge in [0.05, 0.1) is 0 Å². The lowest BCUT2D eigenvalue weighted by Gasteiger charge is -2.28. The molecule has 2 heterocycles. The maximum Gasteiger partial charge on any atom is 0.268 e. The third kappa shape index (κ3) is 3.50. The minimum Gasteiger partial charge on any atom is -0.348 e. The molecule has 1 fully saturated rings. The smallest absolute Gasteiger partial charge is 0.268 e. The number of hydrogen-bond donors (Lipinski definition) is 2. The molecule has 4 nitrogen and oxygen atoms in total. The van der Waals surface area contributed by atoms with Crippen LogP contribution in [0, 0.1) is 5.92 Å². The van der Waals surface area contributed by atoms with Gasteiger partial charge in [-0.2, -0.15) is 0 Å². The molecule has 0 radical (unpaired) electrons. The van der Waals surface area contributed by atoms with Crippen LogP contribution in [0.4, 0.5) is 0 Å². The van der Waals surface area contributed by atoms with Gasteiger partial charge in [-0.1, -0.05) is 0 Å². The number of halogens is 1. The molecule has 0 bridgehead atoms. The first-order valence-corrected chi connectivity index (χ1v) is 6.31. The second-order valence-electron chi connectivity index (χ2n) is 4.87. The molecule has 5 heteroatoms. The Kier molecular flexibility index (Phi) is 5.69. The molecule has 0 saturated carbocycles. The Morgan fingerprint density at radius 2 is 2.39 bits per heavy atom. The number of rotatable bonds is 3. The molecule has 0 aliphatic carbocycles. The third-order valence-electron chi connectivity index (χ3n) is 3.58. The number of piperidine rings is 1. The molecule has 2 unspecified atom stereocenters. The maximum absolute atomic E-state index is 12.0. The van der Waals surface area contributed by atoms with E-state index in [-0.39, 0.29) is 24.4 Å². The predicted octanol–water partition coefficient (Wildman–Crippen LogP) is 1.56. The lowest BCUT2D eigenvalue weighted by molar-refractivity contribution is 0.0913. The van der Waals surface area contributed by atoms with Gasteiger partial charge in [-0.3, -0.25) is 4.79 Å². The van der Waals surface area contributed by atoms with Crippen molar-refractivity contribution < 1.29 is 4.79 Å². The number of carbonyl (C=O) groups excluding carboxylic acids is 1. The summed E-state index contributed by atoms with van der Waals surface area (Å²) in [6.45, 7) is 4.21. The van der Waals surface area contributed by atoms with Gasteiger partial charge in [-0.05, 0) is 50.9 Å². The van der Waals surface area contributed by atoms with Gasteiger partial charge in [-0.15, -0.1) is 12.4 Å². The minimum atomic E-state index is 0. The van der Waals surface area contributed by atoms with E-state index in [1.165, 1.54) is 12.8 Å². The Morgan fingerprint density at radius 1 is 1.61 bits per heavy atom. The average molecular weight is 272 g/mol. The molecular weight excluding hydrogens is 250 g/mol. The van der Waals surface area contributed by atoms with Crippen molar-refractivity contribution in [2.45, 2.75) is 25.8 Å². The fourth-order valence-corrected chi connectivity index (χ4v) is 2.40. The first-order valence-electron chi connectivity index (χ1n) is 6.31. The molecule has 2 atom stereocenters. The molecule has 1 aromatic rings. The van der Waals surface area contributed by atoms with Gasteiger partial charge in [0.25, 0.3) is 5.91 Å². The Morgan fingerprint density at radius 3 is 2.94 bits per heavy atom. The number of hydrogen-bond acceptors (Lipinski definition) is 2. The van der Waals surface area contributed by atoms with E-state index in [9.17, 15) is 4.79 Å². The molecule has 102 valence electrons. The van der Waals surface area contributed by atoms with Crippen LogP contribution in [0.2, 0.25) is 0 Å². The van der Waals surface area contributed by atoms with E-state index in [0.29, 0.717) is 5.92 Å². The quantitative estimate of drug-likeness (QED) is 0.877. The molecule has 0 aromatic carbocycles. The van der Waals surface area contributed by atoms with Crippen LogP contribution in [0.15, 0.2) is 18.3 Å². The van der Waals surface area contributed by atoms with E-state index in [0.717, 1.165) is 18.8 Å². The second kappa shape index (κ2) is 6.81. The van der Waals surface area contributed by atoms with Gasteiger partial charge in [-0.25, -0.2) is 0 Å². The molecule has 2 N–H and O–H groups in total. The van der Waals surface area contributed by atoms with Crippen molar-refractivity contribution in [2.75, 3.05) is 13.1 Å². The van der Waals surface area contributed by atoms with E-state index >= 15 is 0 Å². The van der Waals surface area contributed by atoms with Crippen LogP contribution >= 0.6 is 12.4 Å². The Labute approximate surface area is 115 Å². The van der Waals surface area contributed by atoms with Crippen molar-refractivity contribution in [1.82, 2.24) is 15.2 Å². The van der Waals surface area contributed by atoms with Crippen molar-refractivity contribution in [3.05, 3.63) is 24.0 Å². The number of amides is 1. The summed E-state index contributed by atoms with van der Waals surface area (Å²) in [5.41, 5.74) is 0.723. The number of nitrogens with one attached hydrogen (secondary N) is 2. The minimum absolute atomic E-state index is 0. The maximum atomic E-state index is 12.0. The summed E-state index contributed by atoms with van der Waals surface area (Å²) in [5, 5.41) is 6.47. The molecule has 1 amide bonds. The van der Waals surface area contributed by atoms with E-state index in [4.69, 9.17) is 0 Å². The molecule has 18 heavy (non-hydrogen) atoms. The largest absolute Gasteiger partial charge is 0.348 e. The Hall–Kier alpha value is -1.00. The Balaban J connectivity index is 0.00000162. The molecule has 2 rings (SSSR count). The summed E-state index contributed by atoms with van der Waals surface area (Å²) in [6.07, 6.45) is 4.29. The van der Waals surface area contributed by atoms with Crippen LogP contribution < -0.4 is 10.6 Å². The Bertz CT molecular complexity index is 385. The van der Waals surface area contributed by atoms with Gasteiger partial charge >= 0.3 is 0 Å². The van der Waals surface area contributed by atoms with Gasteiger partial charge in [0.1, 0.15) is 5.69 Å². The summed E-state index contributed by atoms with van der Waals surface area (Å²) in [6, 6.07) is 3.97. The highest BCUT2D eigenvalue weighted by atomic mass is 35.5. The first-order chi connectivity index (χ1) is 8.18. The molecule has 1 saturated heterocycles. The van der Waals surface area contributed by atoms with Crippen molar-refractivity contribution >= 4 is 18.3 Å². The monoisotopic (exact) mass is 271 g/mol. The second-order valence-corrected chi connectivity index (χ2v) is 4.87. The van der Waals surface area contributed by atoms with Crippen molar-refractivity contribution in [3.63, 3.8) is 0 Å². The molecule has 0 spiro atoms. The first kappa shape index (κ1) is 15.1. The lowest BCUT2D eigenvalue weighted by Crippen LogP contribution is -2.44. The normalized spacial score (nSPS) is 20.9. The predicted molar refractivity (Wildman–Crippen MR) is 75.2 cm³/mol. The standard InChI is InChI=1S/C13H21N3O.ClH/c1-10(11-5-3-7-14-9-11)15-13(17)12-6-4-8-16(12)2;/h4,6,8,10-11,14H,3,5,7,9H2,1-2H3,(H,15,17);1H. The molecule has 1 aromatic heterocycles. The topological polar surface area (TPSA) is 46.1 Å². The van der Waals surface area contributed by atoms with Crippen LogP contribution in [0.1, 0.15) is 30.3 Å². The number of carbonyl (C=O) groups is 1. The van der Waals surface area contributed by atoms with Crippen molar-refractivity contribution in [3.8, 4) is 0 Å². The SMILES string of the molecule is CC(NC(=O)c1cccn1C)C1CCCNC1.Cl. The van der Waals surface area contributed by atoms with E-state index in [2.05, 4.69) is 17.6 Å². The van der Waals surface area contributed by atoms with E-state index in [1.807, 2.05) is 29.9 Å². The highest BCUT2D eigenvalue weighted by Gasteiger charge is 2.22. The summed E-state index contributed by atoms with van der Waals surface area (Å²) < 4.78 is 1.85. The fourth-order valence-electron chi connectivity index (χ4n) is 2.40. The van der Waals surface area contributed by atoms with Crippen LogP contribution in [0.3, 0.4) is 0 Å². The summed E-state index contributed by atoms with van der Waals surface area (Å²) in [5.74, 6) is 0.573. The van der Waals surface area contributed by atoms with Gasteiger partial charge in [0.2, 0.25) is 0 Å². The van der Waals surface area contributed by atoms with Crippen LogP contribution in [0.25, 0.3) is 0 Å². The third-order valence-corrected chi connectivity index (χ3v) is 3.58. The van der Waals surface area contributed by atoms with Gasteiger partial charge < -0.3 is 15.2 Å². The van der Waals surface area contributed by atoms with Crippen molar-refractivity contribution in [1.29, 1.82) is 0 Å². The summed E-state index contributed by atoms with van der Waals surface area (Å²) >= 11 is 0. The van der Waals surface area contributed by atoms with E-state index in [1.54, 1.807) is 0 Å². The average Bonchev–Trinajstić information content (AvgIpc) is 2.76. The summed E-state index contributed by atoms with van der Waals surface area (Å²) in [7, 11) is 1.89. The van der Waals surface area contributed by atoms with Gasteiger partial charge in [0.15, 0.2) is 0 Å². The molecule has 1 aliphatic rings. The summed E-state index contributed by atoms with van der Waals surface area (Å²) in [4.78, 5) is 12.0. The molecular formula is C13H22ClN3O. The van der Waals surface area contributed by atoms with Crippen LogP contribution in [-0.4, -0.2) is 29.6 Å². The number of nitrogens with zero attached hydrogens (tertiary/aromatic N) is 1. The van der Waals surface area contributed by atoms with Crippen molar-refractivity contribution in [2.24, 2.45) is 13.0 Å². The zero-order valence-electron chi connectivity index (χ0n) is 11.0. The van der Waals surface area contributed by atoms with Gasteiger partial charge in [0, 0.05) is 19.3 Å². The number of aryl methyl sites for hydroxylation is 1. The number of aromatic nitrogens is 1. The van der Waals surface area contributed by atoms with Crippen LogP contribution in [-0.2, 0) is 7.05 Å². The fraction of sp³-hybridized carbons (Fsp3) is 0.615. The zero-order valence-corrected chi connectivity index (χ0v) is 11.8.